The van der Waals surface area contributed by atoms with Crippen molar-refractivity contribution in [2.45, 2.75) is 19.8 Å². The summed E-state index contributed by atoms with van der Waals surface area (Å²) in [6, 6.07) is 19.7. The van der Waals surface area contributed by atoms with E-state index in [2.05, 4.69) is 5.32 Å². The number of nitrogens with one attached hydrogen (secondary N) is 1. The number of aromatic carboxylic acids is 1. The fraction of sp³-hybridized carbons (Fsp3) is 0.148. The number of carbonyl (C=O) groups is 3. The van der Waals surface area contributed by atoms with Gasteiger partial charge in [-0.15, -0.1) is 0 Å². The monoisotopic (exact) mass is 490 g/mol. The summed E-state index contributed by atoms with van der Waals surface area (Å²) < 4.78 is 6.95. The van der Waals surface area contributed by atoms with Crippen molar-refractivity contribution < 1.29 is 24.2 Å². The molecule has 1 heterocycles. The maximum atomic E-state index is 13.0. The first kappa shape index (κ1) is 24.0. The molecule has 0 aliphatic rings. The highest BCUT2D eigenvalue weighted by Crippen LogP contribution is 2.33. The van der Waals surface area contributed by atoms with Gasteiger partial charge < -0.3 is 19.7 Å². The van der Waals surface area contributed by atoms with Crippen molar-refractivity contribution in [1.82, 2.24) is 4.57 Å². The van der Waals surface area contributed by atoms with Crippen molar-refractivity contribution in [3.8, 4) is 5.69 Å². The lowest BCUT2D eigenvalue weighted by Gasteiger charge is -2.13. The minimum absolute atomic E-state index is 0.0104. The summed E-state index contributed by atoms with van der Waals surface area (Å²) >= 11 is 5.91. The third-order valence-corrected chi connectivity index (χ3v) is 5.79. The molecule has 1 amide bonds. The number of fused-ring (bicyclic) bond motifs is 1. The van der Waals surface area contributed by atoms with Crippen LogP contribution >= 0.6 is 11.6 Å². The summed E-state index contributed by atoms with van der Waals surface area (Å²) in [5.41, 5.74) is 2.33. The fourth-order valence-electron chi connectivity index (χ4n) is 3.93. The average Bonchev–Trinajstić information content (AvgIpc) is 3.24. The van der Waals surface area contributed by atoms with Crippen LogP contribution in [0.1, 0.15) is 39.6 Å². The first-order valence-corrected chi connectivity index (χ1v) is 11.4. The smallest absolute Gasteiger partial charge is 0.340 e. The van der Waals surface area contributed by atoms with Gasteiger partial charge in [-0.25, -0.2) is 9.59 Å². The number of amides is 1. The van der Waals surface area contributed by atoms with Gasteiger partial charge in [0, 0.05) is 28.7 Å². The molecule has 8 heteroatoms. The van der Waals surface area contributed by atoms with Crippen LogP contribution < -0.4 is 5.32 Å². The van der Waals surface area contributed by atoms with Crippen molar-refractivity contribution in [1.29, 1.82) is 0 Å². The minimum atomic E-state index is -1.19. The molecule has 0 saturated heterocycles. The van der Waals surface area contributed by atoms with E-state index < -0.39 is 11.9 Å². The Kier molecular flexibility index (Phi) is 7.17. The minimum Gasteiger partial charge on any atom is -0.478 e. The third kappa shape index (κ3) is 5.20. The molecule has 0 atom stereocenters. The Morgan fingerprint density at radius 2 is 1.71 bits per heavy atom. The van der Waals surface area contributed by atoms with Gasteiger partial charge >= 0.3 is 11.9 Å². The van der Waals surface area contributed by atoms with Crippen molar-refractivity contribution in [3.63, 3.8) is 0 Å². The molecule has 0 spiro atoms. The van der Waals surface area contributed by atoms with Crippen LogP contribution in [-0.4, -0.2) is 34.1 Å². The van der Waals surface area contributed by atoms with Gasteiger partial charge in [-0.1, -0.05) is 41.9 Å². The largest absolute Gasteiger partial charge is 0.478 e. The Balaban J connectivity index is 1.75. The summed E-state index contributed by atoms with van der Waals surface area (Å²) in [4.78, 5) is 37.9. The maximum absolute atomic E-state index is 13.0. The van der Waals surface area contributed by atoms with E-state index in [4.69, 9.17) is 16.3 Å². The molecule has 3 aromatic carbocycles. The number of carboxylic acids is 1. The zero-order chi connectivity index (χ0) is 24.9. The first-order chi connectivity index (χ1) is 16.9. The standard InChI is InChI=1S/C27H23ClN2O5/c1-2-35-27(34)25-21(29-23(31)15-10-17-8-11-18(28)12-9-17)13-14-22-24(25)20(26(32)33)16-30(22)19-6-4-3-5-7-19/h3-9,11-14,16H,2,10,15H2,1H3,(H,29,31)(H,32,33). The molecule has 0 unspecified atom stereocenters. The van der Waals surface area contributed by atoms with E-state index >= 15 is 0 Å². The fourth-order valence-corrected chi connectivity index (χ4v) is 4.06. The topological polar surface area (TPSA) is 97.6 Å². The molecule has 0 aliphatic heterocycles. The highest BCUT2D eigenvalue weighted by molar-refractivity contribution is 6.30. The number of aromatic nitrogens is 1. The van der Waals surface area contributed by atoms with Gasteiger partial charge in [-0.05, 0) is 55.3 Å². The Hall–Kier alpha value is -4.10. The van der Waals surface area contributed by atoms with Crippen molar-refractivity contribution in [3.05, 3.63) is 94.6 Å². The van der Waals surface area contributed by atoms with Crippen LogP contribution in [-0.2, 0) is 16.0 Å². The number of para-hydroxylation sites is 1. The van der Waals surface area contributed by atoms with Crippen LogP contribution in [0, 0.1) is 0 Å². The zero-order valence-electron chi connectivity index (χ0n) is 19.0. The van der Waals surface area contributed by atoms with Gasteiger partial charge in [-0.3, -0.25) is 4.79 Å². The van der Waals surface area contributed by atoms with Gasteiger partial charge in [0.05, 0.1) is 28.9 Å². The summed E-state index contributed by atoms with van der Waals surface area (Å²) in [5, 5.41) is 13.5. The first-order valence-electron chi connectivity index (χ1n) is 11.1. The quantitative estimate of drug-likeness (QED) is 0.307. The Bertz CT molecular complexity index is 1390. The van der Waals surface area contributed by atoms with Gasteiger partial charge in [-0.2, -0.15) is 0 Å². The highest BCUT2D eigenvalue weighted by Gasteiger charge is 2.26. The van der Waals surface area contributed by atoms with E-state index in [-0.39, 0.29) is 41.1 Å². The molecular weight excluding hydrogens is 468 g/mol. The zero-order valence-corrected chi connectivity index (χ0v) is 19.7. The van der Waals surface area contributed by atoms with Gasteiger partial charge in [0.2, 0.25) is 5.91 Å². The lowest BCUT2D eigenvalue weighted by Crippen LogP contribution is -2.17. The Morgan fingerprint density at radius 1 is 1.00 bits per heavy atom. The van der Waals surface area contributed by atoms with Crippen molar-refractivity contribution >= 4 is 46.0 Å². The van der Waals surface area contributed by atoms with E-state index in [9.17, 15) is 19.5 Å². The molecule has 2 N–H and O–H groups in total. The second kappa shape index (κ2) is 10.4. The molecule has 0 aliphatic carbocycles. The van der Waals surface area contributed by atoms with Crippen LogP contribution in [0.15, 0.2) is 72.9 Å². The van der Waals surface area contributed by atoms with Crippen LogP contribution in [0.2, 0.25) is 5.02 Å². The number of carboxylic acid groups (broad SMARTS) is 1. The normalized spacial score (nSPS) is 10.8. The van der Waals surface area contributed by atoms with Crippen molar-refractivity contribution in [2.24, 2.45) is 0 Å². The Morgan fingerprint density at radius 3 is 2.37 bits per heavy atom. The number of nitrogens with zero attached hydrogens (tertiary/aromatic N) is 1. The van der Waals surface area contributed by atoms with Gasteiger partial charge in [0.25, 0.3) is 0 Å². The molecule has 7 nitrogen and oxygen atoms in total. The highest BCUT2D eigenvalue weighted by atomic mass is 35.5. The second-order valence-electron chi connectivity index (χ2n) is 7.83. The lowest BCUT2D eigenvalue weighted by molar-refractivity contribution is -0.116. The number of hydrogen-bond acceptors (Lipinski definition) is 4. The van der Waals surface area contributed by atoms with Crippen molar-refractivity contribution in [2.75, 3.05) is 11.9 Å². The number of benzene rings is 3. The number of ether oxygens (including phenoxy) is 1. The number of rotatable bonds is 8. The van der Waals surface area contributed by atoms with E-state index in [0.717, 1.165) is 11.3 Å². The second-order valence-corrected chi connectivity index (χ2v) is 8.27. The molecule has 178 valence electrons. The number of hydrogen-bond donors (Lipinski definition) is 2. The molecule has 0 saturated carbocycles. The van der Waals surface area contributed by atoms with E-state index in [0.29, 0.717) is 17.0 Å². The summed E-state index contributed by atoms with van der Waals surface area (Å²) in [7, 11) is 0. The number of carbonyl (C=O) groups excluding carboxylic acids is 2. The molecule has 0 radical (unpaired) electrons. The number of esters is 1. The molecular formula is C27H23ClN2O5. The predicted octanol–water partition coefficient (Wildman–Crippen LogP) is 5.73. The van der Waals surface area contributed by atoms with Crippen LogP contribution in [0.3, 0.4) is 0 Å². The van der Waals surface area contributed by atoms with Gasteiger partial charge in [0.15, 0.2) is 0 Å². The summed E-state index contributed by atoms with van der Waals surface area (Å²) in [6.07, 6.45) is 2.11. The summed E-state index contributed by atoms with van der Waals surface area (Å²) in [5.74, 6) is -2.22. The molecule has 0 bridgehead atoms. The van der Waals surface area contributed by atoms with E-state index in [1.165, 1.54) is 6.20 Å². The average molecular weight is 491 g/mol. The Labute approximate surface area is 206 Å². The van der Waals surface area contributed by atoms with E-state index in [1.54, 1.807) is 35.8 Å². The van der Waals surface area contributed by atoms with E-state index in [1.807, 2.05) is 42.5 Å². The predicted molar refractivity (Wildman–Crippen MR) is 135 cm³/mol. The van der Waals surface area contributed by atoms with Crippen LogP contribution in [0.4, 0.5) is 5.69 Å². The molecule has 4 aromatic rings. The molecule has 35 heavy (non-hydrogen) atoms. The SMILES string of the molecule is CCOC(=O)c1c(NC(=O)CCc2ccc(Cl)cc2)ccc2c1c(C(=O)O)cn2-c1ccccc1. The molecule has 0 fully saturated rings. The third-order valence-electron chi connectivity index (χ3n) is 5.54. The number of anilines is 1. The number of aryl methyl sites for hydroxylation is 1. The number of halogens is 1. The maximum Gasteiger partial charge on any atom is 0.340 e. The van der Waals surface area contributed by atoms with Crippen LogP contribution in [0.25, 0.3) is 16.6 Å². The van der Waals surface area contributed by atoms with Crippen LogP contribution in [0.5, 0.6) is 0 Å². The summed E-state index contributed by atoms with van der Waals surface area (Å²) in [6.45, 7) is 1.76. The van der Waals surface area contributed by atoms with Gasteiger partial charge in [0.1, 0.15) is 0 Å². The molecule has 1 aromatic heterocycles. The molecule has 4 rings (SSSR count). The lowest BCUT2D eigenvalue weighted by atomic mass is 10.0.